The minimum Gasteiger partial charge on any atom is -0.494 e. The summed E-state index contributed by atoms with van der Waals surface area (Å²) in [6.45, 7) is 8.41. The summed E-state index contributed by atoms with van der Waals surface area (Å²) < 4.78 is 20.0. The number of ether oxygens (including phenoxy) is 1. The molecule has 0 spiro atoms. The fraction of sp³-hybridized carbons (Fsp3) is 0.321. The first-order chi connectivity index (χ1) is 18.3. The number of piperazine rings is 1. The minimum atomic E-state index is -0.861. The van der Waals surface area contributed by atoms with Crippen molar-refractivity contribution in [2.24, 2.45) is 5.73 Å². The van der Waals surface area contributed by atoms with Gasteiger partial charge in [0.25, 0.3) is 5.91 Å². The molecular formula is C28H32FN7O2. The number of nitrogens with zero attached hydrogens (tertiary/aromatic N) is 4. The molecule has 2 heterocycles. The Hall–Kier alpha value is -4.18. The quantitative estimate of drug-likeness (QED) is 0.406. The van der Waals surface area contributed by atoms with Gasteiger partial charge in [-0.3, -0.25) is 9.69 Å². The maximum Gasteiger partial charge on any atom is 0.253 e. The highest BCUT2D eigenvalue weighted by Gasteiger charge is 2.22. The van der Waals surface area contributed by atoms with Crippen LogP contribution in [-0.4, -0.2) is 60.1 Å². The average molecular weight is 518 g/mol. The van der Waals surface area contributed by atoms with E-state index in [-0.39, 0.29) is 11.3 Å². The molecule has 5 rings (SSSR count). The molecular weight excluding hydrogens is 485 g/mol. The van der Waals surface area contributed by atoms with Gasteiger partial charge in [0.1, 0.15) is 17.4 Å². The summed E-state index contributed by atoms with van der Waals surface area (Å²) >= 11 is 0. The van der Waals surface area contributed by atoms with Crippen LogP contribution in [0.1, 0.15) is 35.5 Å². The molecule has 4 N–H and O–H groups in total. The van der Waals surface area contributed by atoms with Crippen molar-refractivity contribution in [1.29, 1.82) is 0 Å². The summed E-state index contributed by atoms with van der Waals surface area (Å²) in [5, 5.41) is 6.36. The van der Waals surface area contributed by atoms with E-state index in [9.17, 15) is 9.18 Å². The number of aromatic nitrogens is 2. The number of allylic oxidation sites excluding steroid dienone is 1. The van der Waals surface area contributed by atoms with Gasteiger partial charge in [0, 0.05) is 56.0 Å². The van der Waals surface area contributed by atoms with E-state index in [0.29, 0.717) is 30.0 Å². The zero-order chi connectivity index (χ0) is 26.8. The predicted molar refractivity (Wildman–Crippen MR) is 148 cm³/mol. The summed E-state index contributed by atoms with van der Waals surface area (Å²) in [4.78, 5) is 26.1. The monoisotopic (exact) mass is 517 g/mol. The molecule has 1 aromatic heterocycles. The number of methoxy groups -OCH3 is 1. The van der Waals surface area contributed by atoms with Crippen LogP contribution in [0.2, 0.25) is 0 Å². The van der Waals surface area contributed by atoms with E-state index < -0.39 is 11.7 Å². The summed E-state index contributed by atoms with van der Waals surface area (Å²) in [5.41, 5.74) is 8.86. The molecule has 38 heavy (non-hydrogen) atoms. The zero-order valence-corrected chi connectivity index (χ0v) is 21.8. The average Bonchev–Trinajstić information content (AvgIpc) is 3.38. The van der Waals surface area contributed by atoms with E-state index >= 15 is 0 Å². The number of halogens is 1. The van der Waals surface area contributed by atoms with Crippen LogP contribution in [0.4, 0.5) is 33.2 Å². The Morgan fingerprint density at radius 3 is 2.58 bits per heavy atom. The Balaban J connectivity index is 1.40. The number of fused-ring (bicyclic) bond motifs is 1. The van der Waals surface area contributed by atoms with Crippen molar-refractivity contribution in [2.45, 2.75) is 26.3 Å². The highest BCUT2D eigenvalue weighted by atomic mass is 19.1. The third-order valence-electron chi connectivity index (χ3n) is 6.97. The van der Waals surface area contributed by atoms with Gasteiger partial charge >= 0.3 is 0 Å². The number of carbonyl (C=O) groups is 1. The molecule has 9 nitrogen and oxygen atoms in total. The molecule has 2 aromatic carbocycles. The van der Waals surface area contributed by atoms with E-state index in [1.165, 1.54) is 12.1 Å². The largest absolute Gasteiger partial charge is 0.494 e. The van der Waals surface area contributed by atoms with Crippen molar-refractivity contribution in [2.75, 3.05) is 48.8 Å². The lowest BCUT2D eigenvalue weighted by Crippen LogP contribution is -2.48. The second-order valence-corrected chi connectivity index (χ2v) is 9.64. The molecule has 0 atom stereocenters. The van der Waals surface area contributed by atoms with Crippen LogP contribution in [0, 0.1) is 5.82 Å². The third kappa shape index (κ3) is 5.12. The van der Waals surface area contributed by atoms with Crippen LogP contribution in [-0.2, 0) is 6.42 Å². The van der Waals surface area contributed by atoms with Crippen LogP contribution in [0.15, 0.2) is 42.5 Å². The number of amides is 1. The summed E-state index contributed by atoms with van der Waals surface area (Å²) in [6, 6.07) is 10.9. The molecule has 1 aliphatic heterocycles. The Kier molecular flexibility index (Phi) is 7.15. The van der Waals surface area contributed by atoms with Crippen LogP contribution in [0.25, 0.3) is 6.08 Å². The van der Waals surface area contributed by atoms with Gasteiger partial charge in [-0.05, 0) is 38.1 Å². The van der Waals surface area contributed by atoms with E-state index in [0.717, 1.165) is 48.8 Å². The number of benzene rings is 2. The van der Waals surface area contributed by atoms with Gasteiger partial charge in [0.05, 0.1) is 29.7 Å². The molecule has 0 radical (unpaired) electrons. The molecule has 3 aromatic rings. The molecule has 1 fully saturated rings. The number of primary amides is 1. The van der Waals surface area contributed by atoms with Crippen LogP contribution < -0.4 is 26.0 Å². The molecule has 0 saturated carbocycles. The smallest absolute Gasteiger partial charge is 0.253 e. The maximum atomic E-state index is 14.3. The van der Waals surface area contributed by atoms with Crippen molar-refractivity contribution in [3.05, 3.63) is 65.1 Å². The van der Waals surface area contributed by atoms with E-state index in [2.05, 4.69) is 50.3 Å². The summed E-state index contributed by atoms with van der Waals surface area (Å²) in [5.74, 6) is -0.0913. The number of rotatable bonds is 8. The molecule has 1 amide bonds. The van der Waals surface area contributed by atoms with Crippen LogP contribution >= 0.6 is 0 Å². The van der Waals surface area contributed by atoms with Crippen molar-refractivity contribution < 1.29 is 13.9 Å². The van der Waals surface area contributed by atoms with Crippen molar-refractivity contribution >= 4 is 40.8 Å². The van der Waals surface area contributed by atoms with Gasteiger partial charge in [-0.15, -0.1) is 0 Å². The molecule has 2 aliphatic rings. The van der Waals surface area contributed by atoms with Crippen LogP contribution in [0.5, 0.6) is 5.75 Å². The van der Waals surface area contributed by atoms with Gasteiger partial charge in [0.2, 0.25) is 5.95 Å². The Morgan fingerprint density at radius 1 is 1.08 bits per heavy atom. The van der Waals surface area contributed by atoms with Gasteiger partial charge in [0.15, 0.2) is 0 Å². The minimum absolute atomic E-state index is 0.220. The first kappa shape index (κ1) is 25.5. The molecule has 1 saturated heterocycles. The SMILES string of the molecule is COc1cc(N2CCN(C(C)C)CC2)ccc1Nc1nc2c(c(Nc3cccc(F)c3C(N)=O)n1)C=CC2. The lowest BCUT2D eigenvalue weighted by atomic mass is 10.1. The van der Waals surface area contributed by atoms with Gasteiger partial charge < -0.3 is 26.0 Å². The van der Waals surface area contributed by atoms with Crippen molar-refractivity contribution in [1.82, 2.24) is 14.9 Å². The number of carbonyl (C=O) groups excluding carboxylic acids is 1. The number of nitrogens with one attached hydrogen (secondary N) is 2. The number of nitrogens with two attached hydrogens (primary N) is 1. The fourth-order valence-corrected chi connectivity index (χ4v) is 4.89. The topological polar surface area (TPSA) is 109 Å². The normalized spacial score (nSPS) is 15.0. The summed E-state index contributed by atoms with van der Waals surface area (Å²) in [6.07, 6.45) is 4.51. The first-order valence-corrected chi connectivity index (χ1v) is 12.7. The molecule has 0 bridgehead atoms. The van der Waals surface area contributed by atoms with E-state index in [4.69, 9.17) is 10.5 Å². The fourth-order valence-electron chi connectivity index (χ4n) is 4.89. The second kappa shape index (κ2) is 10.7. The lowest BCUT2D eigenvalue weighted by molar-refractivity contribution is 0.0997. The Labute approximate surface area is 221 Å². The number of anilines is 5. The van der Waals surface area contributed by atoms with Crippen LogP contribution in [0.3, 0.4) is 0 Å². The van der Waals surface area contributed by atoms with Gasteiger partial charge in [-0.2, -0.15) is 4.98 Å². The highest BCUT2D eigenvalue weighted by Crippen LogP contribution is 2.34. The van der Waals surface area contributed by atoms with Gasteiger partial charge in [-0.25, -0.2) is 9.37 Å². The Bertz CT molecular complexity index is 1380. The molecule has 1 aliphatic carbocycles. The maximum absolute atomic E-state index is 14.3. The van der Waals surface area contributed by atoms with Crippen molar-refractivity contribution in [3.63, 3.8) is 0 Å². The molecule has 198 valence electrons. The lowest BCUT2D eigenvalue weighted by Gasteiger charge is -2.38. The van der Waals surface area contributed by atoms with E-state index in [1.807, 2.05) is 24.3 Å². The first-order valence-electron chi connectivity index (χ1n) is 12.7. The highest BCUT2D eigenvalue weighted by molar-refractivity contribution is 5.99. The summed E-state index contributed by atoms with van der Waals surface area (Å²) in [7, 11) is 1.64. The molecule has 10 heteroatoms. The molecule has 0 unspecified atom stereocenters. The van der Waals surface area contributed by atoms with Gasteiger partial charge in [-0.1, -0.05) is 18.2 Å². The van der Waals surface area contributed by atoms with Crippen molar-refractivity contribution in [3.8, 4) is 5.75 Å². The van der Waals surface area contributed by atoms with E-state index in [1.54, 1.807) is 13.2 Å². The Morgan fingerprint density at radius 2 is 1.87 bits per heavy atom. The third-order valence-corrected chi connectivity index (χ3v) is 6.97. The predicted octanol–water partition coefficient (Wildman–Crippen LogP) is 4.31. The zero-order valence-electron chi connectivity index (χ0n) is 21.8. The number of hydrogen-bond donors (Lipinski definition) is 3. The second-order valence-electron chi connectivity index (χ2n) is 9.64. The number of hydrogen-bond acceptors (Lipinski definition) is 8. The standard InChI is InChI=1S/C28H32FN7O2/c1-17(2)35-12-14-36(15-13-35)18-10-11-22(24(16-18)38-3)33-28-32-21-8-4-6-19(21)27(34-28)31-23-9-5-7-20(29)25(23)26(30)37/h4-7,9-11,16-17H,8,12-15H2,1-3H3,(H2,30,37)(H2,31,32,33,34).